The number of alkyl halides is 3. The number of rotatable bonds is 5. The molecule has 0 unspecified atom stereocenters. The van der Waals surface area contributed by atoms with Gasteiger partial charge in [-0.3, -0.25) is 14.8 Å². The van der Waals surface area contributed by atoms with E-state index in [-0.39, 0.29) is 29.4 Å². The summed E-state index contributed by atoms with van der Waals surface area (Å²) in [5, 5.41) is 5.49. The van der Waals surface area contributed by atoms with Crippen LogP contribution in [-0.2, 0) is 11.0 Å². The van der Waals surface area contributed by atoms with E-state index >= 15 is 0 Å². The SMILES string of the molecule is Cc1cc(-c2cccc(C3=Nc4cc(NCC(C)C)c(C(F)(F)F)cc4NC(=O)C3)c2)cc(C)n1. The minimum atomic E-state index is -4.58. The number of aromatic nitrogens is 1. The molecule has 0 spiro atoms. The maximum absolute atomic E-state index is 13.8. The van der Waals surface area contributed by atoms with E-state index in [0.717, 1.165) is 34.1 Å². The van der Waals surface area contributed by atoms with Crippen LogP contribution in [0.25, 0.3) is 11.1 Å². The normalized spacial score (nSPS) is 13.7. The first-order chi connectivity index (χ1) is 16.5. The molecule has 3 aromatic rings. The molecule has 0 atom stereocenters. The summed E-state index contributed by atoms with van der Waals surface area (Å²) >= 11 is 0. The first-order valence-corrected chi connectivity index (χ1v) is 11.4. The number of amides is 1. The van der Waals surface area contributed by atoms with Crippen molar-refractivity contribution < 1.29 is 18.0 Å². The third-order valence-electron chi connectivity index (χ3n) is 5.61. The quantitative estimate of drug-likeness (QED) is 0.417. The van der Waals surface area contributed by atoms with E-state index in [2.05, 4.69) is 20.6 Å². The van der Waals surface area contributed by atoms with Crippen LogP contribution >= 0.6 is 0 Å². The van der Waals surface area contributed by atoms with Crippen molar-refractivity contribution in [2.45, 2.75) is 40.3 Å². The average molecular weight is 481 g/mol. The van der Waals surface area contributed by atoms with Crippen LogP contribution in [-0.4, -0.2) is 23.1 Å². The molecule has 5 nitrogen and oxygen atoms in total. The Morgan fingerprint density at radius 3 is 2.34 bits per heavy atom. The molecule has 0 bridgehead atoms. The Hall–Kier alpha value is -3.68. The highest BCUT2D eigenvalue weighted by atomic mass is 19.4. The smallest absolute Gasteiger partial charge is 0.384 e. The molecule has 2 N–H and O–H groups in total. The van der Waals surface area contributed by atoms with Gasteiger partial charge in [0.25, 0.3) is 0 Å². The Bertz CT molecular complexity index is 1290. The summed E-state index contributed by atoms with van der Waals surface area (Å²) in [5.41, 5.74) is 4.38. The zero-order chi connectivity index (χ0) is 25.3. The Balaban J connectivity index is 1.80. The number of nitrogens with one attached hydrogen (secondary N) is 2. The van der Waals surface area contributed by atoms with Gasteiger partial charge in [-0.2, -0.15) is 13.2 Å². The third-order valence-corrected chi connectivity index (χ3v) is 5.61. The van der Waals surface area contributed by atoms with E-state index < -0.39 is 17.6 Å². The van der Waals surface area contributed by atoms with Crippen LogP contribution < -0.4 is 10.6 Å². The number of benzene rings is 2. The van der Waals surface area contributed by atoms with Gasteiger partial charge in [0.05, 0.1) is 29.1 Å². The van der Waals surface area contributed by atoms with E-state index in [0.29, 0.717) is 12.3 Å². The van der Waals surface area contributed by atoms with Gasteiger partial charge in [-0.05, 0) is 66.8 Å². The molecular weight excluding hydrogens is 453 g/mol. The van der Waals surface area contributed by atoms with Gasteiger partial charge < -0.3 is 10.6 Å². The highest BCUT2D eigenvalue weighted by Crippen LogP contribution is 2.42. The summed E-state index contributed by atoms with van der Waals surface area (Å²) in [4.78, 5) is 21.7. The van der Waals surface area contributed by atoms with Gasteiger partial charge in [0, 0.05) is 23.6 Å². The summed E-state index contributed by atoms with van der Waals surface area (Å²) < 4.78 is 41.3. The minimum absolute atomic E-state index is 0.0453. The number of halogens is 3. The molecule has 0 fully saturated rings. The van der Waals surface area contributed by atoms with Crippen LogP contribution in [0.3, 0.4) is 0 Å². The number of aryl methyl sites for hydroxylation is 2. The molecule has 1 aromatic heterocycles. The highest BCUT2D eigenvalue weighted by molar-refractivity contribution is 6.17. The lowest BCUT2D eigenvalue weighted by Crippen LogP contribution is -2.17. The maximum Gasteiger partial charge on any atom is 0.418 e. The second-order valence-corrected chi connectivity index (χ2v) is 9.19. The van der Waals surface area contributed by atoms with Crippen molar-refractivity contribution in [1.82, 2.24) is 4.98 Å². The molecule has 8 heteroatoms. The minimum Gasteiger partial charge on any atom is -0.384 e. The van der Waals surface area contributed by atoms with E-state index in [1.165, 1.54) is 6.07 Å². The molecule has 2 aromatic carbocycles. The number of pyridine rings is 1. The van der Waals surface area contributed by atoms with Gasteiger partial charge in [0.1, 0.15) is 0 Å². The molecule has 0 saturated heterocycles. The average Bonchev–Trinajstić information content (AvgIpc) is 2.93. The summed E-state index contributed by atoms with van der Waals surface area (Å²) in [6.45, 7) is 8.06. The van der Waals surface area contributed by atoms with E-state index in [9.17, 15) is 18.0 Å². The number of hydrogen-bond donors (Lipinski definition) is 2. The van der Waals surface area contributed by atoms with Crippen molar-refractivity contribution in [3.05, 3.63) is 71.0 Å². The summed E-state index contributed by atoms with van der Waals surface area (Å²) in [6, 6.07) is 13.9. The number of carbonyl (C=O) groups is 1. The van der Waals surface area contributed by atoms with Gasteiger partial charge in [0.15, 0.2) is 0 Å². The molecule has 0 aliphatic carbocycles. The van der Waals surface area contributed by atoms with Gasteiger partial charge >= 0.3 is 6.18 Å². The predicted molar refractivity (Wildman–Crippen MR) is 133 cm³/mol. The van der Waals surface area contributed by atoms with Crippen molar-refractivity contribution in [1.29, 1.82) is 0 Å². The lowest BCUT2D eigenvalue weighted by Gasteiger charge is -2.18. The van der Waals surface area contributed by atoms with Crippen LogP contribution in [0.5, 0.6) is 0 Å². The Labute approximate surface area is 202 Å². The first-order valence-electron chi connectivity index (χ1n) is 11.4. The Morgan fingerprint density at radius 2 is 1.69 bits per heavy atom. The fourth-order valence-electron chi connectivity index (χ4n) is 4.05. The van der Waals surface area contributed by atoms with Crippen molar-refractivity contribution in [3.8, 4) is 11.1 Å². The number of carbonyl (C=O) groups excluding carboxylic acids is 1. The van der Waals surface area contributed by atoms with E-state index in [4.69, 9.17) is 0 Å². The van der Waals surface area contributed by atoms with Crippen molar-refractivity contribution in [3.63, 3.8) is 0 Å². The van der Waals surface area contributed by atoms with Crippen LogP contribution in [0.15, 0.2) is 53.5 Å². The topological polar surface area (TPSA) is 66.4 Å². The monoisotopic (exact) mass is 480 g/mol. The summed E-state index contributed by atoms with van der Waals surface area (Å²) in [5.74, 6) is -0.267. The maximum atomic E-state index is 13.8. The zero-order valence-corrected chi connectivity index (χ0v) is 20.0. The summed E-state index contributed by atoms with van der Waals surface area (Å²) in [7, 11) is 0. The Morgan fingerprint density at radius 1 is 1.00 bits per heavy atom. The highest BCUT2D eigenvalue weighted by Gasteiger charge is 2.35. The van der Waals surface area contributed by atoms with Crippen molar-refractivity contribution in [2.75, 3.05) is 17.2 Å². The van der Waals surface area contributed by atoms with Crippen LogP contribution in [0.2, 0.25) is 0 Å². The molecule has 0 saturated carbocycles. The number of anilines is 2. The zero-order valence-electron chi connectivity index (χ0n) is 20.0. The van der Waals surface area contributed by atoms with Gasteiger partial charge in [-0.15, -0.1) is 0 Å². The van der Waals surface area contributed by atoms with Crippen LogP contribution in [0.1, 0.15) is 42.8 Å². The lowest BCUT2D eigenvalue weighted by atomic mass is 9.99. The molecule has 1 aliphatic heterocycles. The fourth-order valence-corrected chi connectivity index (χ4v) is 4.05. The van der Waals surface area contributed by atoms with Crippen molar-refractivity contribution >= 4 is 28.7 Å². The molecule has 1 aliphatic rings. The second kappa shape index (κ2) is 9.52. The molecule has 182 valence electrons. The first kappa shape index (κ1) is 24.4. The van der Waals surface area contributed by atoms with Gasteiger partial charge in [-0.25, -0.2) is 0 Å². The van der Waals surface area contributed by atoms with Gasteiger partial charge in [-0.1, -0.05) is 32.0 Å². The standard InChI is InChI=1S/C27H27F3N4O/c1-15(2)14-31-23-12-25-24(11-21(23)27(28,29)30)34-26(35)13-22(33-25)19-7-5-6-18(10-19)20-8-16(3)32-17(4)9-20/h5-12,15,31H,13-14H2,1-4H3,(H,34,35). The van der Waals surface area contributed by atoms with E-state index in [1.54, 1.807) is 0 Å². The lowest BCUT2D eigenvalue weighted by molar-refractivity contribution is -0.137. The molecule has 1 amide bonds. The number of fused-ring (bicyclic) bond motifs is 1. The van der Waals surface area contributed by atoms with Crippen LogP contribution in [0.4, 0.5) is 30.2 Å². The Kier molecular flexibility index (Phi) is 6.65. The molecule has 0 radical (unpaired) electrons. The second-order valence-electron chi connectivity index (χ2n) is 9.19. The van der Waals surface area contributed by atoms with E-state index in [1.807, 2.05) is 64.1 Å². The third kappa shape index (κ3) is 5.70. The molecule has 2 heterocycles. The molecule has 35 heavy (non-hydrogen) atoms. The summed E-state index contributed by atoms with van der Waals surface area (Å²) in [6.07, 6.45) is -4.63. The largest absolute Gasteiger partial charge is 0.418 e. The molecular formula is C27H27F3N4O. The van der Waals surface area contributed by atoms with Crippen LogP contribution in [0, 0.1) is 19.8 Å². The number of hydrogen-bond acceptors (Lipinski definition) is 4. The van der Waals surface area contributed by atoms with Crippen molar-refractivity contribution in [2.24, 2.45) is 10.9 Å². The number of nitrogens with zero attached hydrogens (tertiary/aromatic N) is 2. The number of aliphatic imine (C=N–C) groups is 1. The molecule has 4 rings (SSSR count). The fraction of sp³-hybridized carbons (Fsp3) is 0.296. The van der Waals surface area contributed by atoms with Gasteiger partial charge in [0.2, 0.25) is 5.91 Å². The predicted octanol–water partition coefficient (Wildman–Crippen LogP) is 6.92.